The monoisotopic (exact) mass is 352 g/mol. The smallest absolute Gasteiger partial charge is 0.258 e. The minimum Gasteiger partial charge on any atom is -0.382 e. The van der Waals surface area contributed by atoms with Crippen molar-refractivity contribution in [2.24, 2.45) is 0 Å². The van der Waals surface area contributed by atoms with E-state index < -0.39 is 11.3 Å². The summed E-state index contributed by atoms with van der Waals surface area (Å²) >= 11 is 0. The predicted molar refractivity (Wildman–Crippen MR) is 98.6 cm³/mol. The van der Waals surface area contributed by atoms with Gasteiger partial charge in [0.15, 0.2) is 5.78 Å². The number of carbonyl (C=O) groups is 2. The number of aromatic amines is 1. The fourth-order valence-corrected chi connectivity index (χ4v) is 2.61. The largest absolute Gasteiger partial charge is 0.382 e. The zero-order chi connectivity index (χ0) is 18.7. The average molecular weight is 352 g/mol. The van der Waals surface area contributed by atoms with E-state index in [0.29, 0.717) is 18.7 Å². The van der Waals surface area contributed by atoms with E-state index in [1.807, 2.05) is 30.3 Å². The number of amides is 1. The van der Waals surface area contributed by atoms with Crippen molar-refractivity contribution in [3.05, 3.63) is 75.5 Å². The first-order valence-electron chi connectivity index (χ1n) is 8.21. The van der Waals surface area contributed by atoms with Crippen LogP contribution < -0.4 is 16.1 Å². The second kappa shape index (κ2) is 7.26. The summed E-state index contributed by atoms with van der Waals surface area (Å²) in [6.07, 6.45) is 3.10. The predicted octanol–water partition coefficient (Wildman–Crippen LogP) is 1.46. The lowest BCUT2D eigenvalue weighted by molar-refractivity contribution is -0.116. The summed E-state index contributed by atoms with van der Waals surface area (Å²) in [5.41, 5.74) is 1.95. The molecule has 0 radical (unpaired) electrons. The highest BCUT2D eigenvalue weighted by atomic mass is 16.2. The molecule has 2 aromatic rings. The van der Waals surface area contributed by atoms with Gasteiger partial charge < -0.3 is 20.5 Å². The lowest BCUT2D eigenvalue weighted by Crippen LogP contribution is -2.34. The Hall–Kier alpha value is -3.35. The highest BCUT2D eigenvalue weighted by molar-refractivity contribution is 6.06. The normalized spacial score (nSPS) is 13.2. The number of nitrogens with one attached hydrogen (secondary N) is 3. The van der Waals surface area contributed by atoms with E-state index in [0.717, 1.165) is 11.3 Å². The quantitative estimate of drug-likeness (QED) is 0.732. The lowest BCUT2D eigenvalue weighted by Gasteiger charge is -2.24. The van der Waals surface area contributed by atoms with Gasteiger partial charge in [-0.1, -0.05) is 30.3 Å². The van der Waals surface area contributed by atoms with E-state index >= 15 is 0 Å². The molecule has 7 nitrogen and oxygen atoms in total. The number of pyridine rings is 1. The number of allylic oxidation sites excluding steroid dienone is 2. The first-order valence-corrected chi connectivity index (χ1v) is 8.21. The van der Waals surface area contributed by atoms with Crippen LogP contribution in [-0.4, -0.2) is 35.7 Å². The summed E-state index contributed by atoms with van der Waals surface area (Å²) in [5, 5.41) is 6.09. The van der Waals surface area contributed by atoms with Crippen LogP contribution in [0.2, 0.25) is 0 Å². The Bertz CT molecular complexity index is 929. The van der Waals surface area contributed by atoms with Crippen molar-refractivity contribution in [2.75, 3.05) is 19.4 Å². The molecule has 0 bridgehead atoms. The van der Waals surface area contributed by atoms with Gasteiger partial charge in [0.05, 0.1) is 6.42 Å². The number of ketones is 1. The van der Waals surface area contributed by atoms with Gasteiger partial charge in [0.2, 0.25) is 5.43 Å². The minimum absolute atomic E-state index is 0.0196. The molecule has 1 aromatic carbocycles. The molecule has 1 aromatic heterocycles. The van der Waals surface area contributed by atoms with E-state index in [4.69, 9.17) is 0 Å². The molecule has 0 atom stereocenters. The molecule has 0 saturated carbocycles. The Kier molecular flexibility index (Phi) is 4.88. The number of Topliss-reactive ketones (excluding diaryl/α,β-unsaturated/α-hetero) is 1. The van der Waals surface area contributed by atoms with Gasteiger partial charge in [-0.15, -0.1) is 0 Å². The van der Waals surface area contributed by atoms with Crippen LogP contribution in [0.25, 0.3) is 0 Å². The van der Waals surface area contributed by atoms with Gasteiger partial charge in [-0.2, -0.15) is 0 Å². The van der Waals surface area contributed by atoms with Crippen molar-refractivity contribution in [1.29, 1.82) is 0 Å². The molecule has 134 valence electrons. The number of aromatic nitrogens is 1. The molecule has 0 aliphatic heterocycles. The molecule has 1 aliphatic carbocycles. The zero-order valence-corrected chi connectivity index (χ0v) is 14.6. The SMILES string of the molecule is CN(C)C(=O)c1c[nH]cc(NC2=C(NCc3ccccc3)CC2=O)c1=O. The molecule has 0 saturated heterocycles. The van der Waals surface area contributed by atoms with Crippen LogP contribution >= 0.6 is 0 Å². The number of benzene rings is 1. The summed E-state index contributed by atoms with van der Waals surface area (Å²) in [5.74, 6) is -0.476. The number of nitrogens with zero attached hydrogens (tertiary/aromatic N) is 1. The highest BCUT2D eigenvalue weighted by Gasteiger charge is 2.28. The first-order chi connectivity index (χ1) is 12.5. The van der Waals surface area contributed by atoms with Crippen LogP contribution in [0, 0.1) is 0 Å². The van der Waals surface area contributed by atoms with E-state index in [1.54, 1.807) is 14.1 Å². The van der Waals surface area contributed by atoms with E-state index in [-0.39, 0.29) is 17.0 Å². The van der Waals surface area contributed by atoms with Crippen LogP contribution in [-0.2, 0) is 11.3 Å². The van der Waals surface area contributed by atoms with Gasteiger partial charge in [-0.3, -0.25) is 14.4 Å². The van der Waals surface area contributed by atoms with Crippen LogP contribution in [0.15, 0.2) is 58.9 Å². The third-order valence-electron chi connectivity index (χ3n) is 4.11. The number of hydrogen-bond donors (Lipinski definition) is 3. The lowest BCUT2D eigenvalue weighted by atomic mass is 9.98. The van der Waals surface area contributed by atoms with E-state index in [2.05, 4.69) is 15.6 Å². The molecule has 26 heavy (non-hydrogen) atoms. The molecule has 0 spiro atoms. The standard InChI is InChI=1S/C19H20N4O3/c1-23(2)19(26)13-10-20-11-15(18(13)25)22-17-14(8-16(17)24)21-9-12-6-4-3-5-7-12/h3-7,10-11,21-22H,8-9H2,1-2H3,(H,20,25). The second-order valence-corrected chi connectivity index (χ2v) is 6.23. The van der Waals surface area contributed by atoms with Crippen molar-refractivity contribution in [1.82, 2.24) is 15.2 Å². The third kappa shape index (κ3) is 3.51. The van der Waals surface area contributed by atoms with E-state index in [9.17, 15) is 14.4 Å². The summed E-state index contributed by atoms with van der Waals surface area (Å²) in [4.78, 5) is 40.6. The van der Waals surface area contributed by atoms with Crippen LogP contribution in [0.1, 0.15) is 22.3 Å². The summed E-state index contributed by atoms with van der Waals surface area (Å²) in [7, 11) is 3.15. The number of H-pyrrole nitrogens is 1. The summed E-state index contributed by atoms with van der Waals surface area (Å²) in [6, 6.07) is 9.81. The summed E-state index contributed by atoms with van der Waals surface area (Å²) < 4.78 is 0. The fraction of sp³-hybridized carbons (Fsp3) is 0.211. The van der Waals surface area contributed by atoms with Gasteiger partial charge >= 0.3 is 0 Å². The van der Waals surface area contributed by atoms with Gasteiger partial charge in [-0.25, -0.2) is 0 Å². The second-order valence-electron chi connectivity index (χ2n) is 6.23. The van der Waals surface area contributed by atoms with Gasteiger partial charge in [0.1, 0.15) is 16.9 Å². The Morgan fingerprint density at radius 1 is 1.15 bits per heavy atom. The van der Waals surface area contributed by atoms with Gasteiger partial charge in [0.25, 0.3) is 5.91 Å². The van der Waals surface area contributed by atoms with Crippen LogP contribution in [0.3, 0.4) is 0 Å². The maximum absolute atomic E-state index is 12.5. The Labute approximate surface area is 150 Å². The average Bonchev–Trinajstić information content (AvgIpc) is 2.64. The Balaban J connectivity index is 1.79. The van der Waals surface area contributed by atoms with Crippen molar-refractivity contribution in [3.8, 4) is 0 Å². The fourth-order valence-electron chi connectivity index (χ4n) is 2.61. The number of carbonyl (C=O) groups excluding carboxylic acids is 2. The zero-order valence-electron chi connectivity index (χ0n) is 14.6. The Morgan fingerprint density at radius 3 is 2.54 bits per heavy atom. The maximum Gasteiger partial charge on any atom is 0.258 e. The molecule has 3 rings (SSSR count). The molecule has 1 amide bonds. The number of anilines is 1. The van der Waals surface area contributed by atoms with Crippen molar-refractivity contribution < 1.29 is 9.59 Å². The molecule has 7 heteroatoms. The van der Waals surface area contributed by atoms with E-state index in [1.165, 1.54) is 17.3 Å². The third-order valence-corrected chi connectivity index (χ3v) is 4.11. The number of hydrogen-bond acceptors (Lipinski definition) is 5. The molecule has 0 unspecified atom stereocenters. The van der Waals surface area contributed by atoms with Crippen molar-refractivity contribution in [3.63, 3.8) is 0 Å². The maximum atomic E-state index is 12.5. The first kappa shape index (κ1) is 17.5. The molecule has 0 fully saturated rings. The minimum atomic E-state index is -0.447. The van der Waals surface area contributed by atoms with Gasteiger partial charge in [0, 0.05) is 38.7 Å². The van der Waals surface area contributed by atoms with Crippen molar-refractivity contribution in [2.45, 2.75) is 13.0 Å². The highest BCUT2D eigenvalue weighted by Crippen LogP contribution is 2.23. The van der Waals surface area contributed by atoms with Crippen LogP contribution in [0.5, 0.6) is 0 Å². The summed E-state index contributed by atoms with van der Waals surface area (Å²) in [6.45, 7) is 0.587. The number of rotatable bonds is 6. The molecule has 3 N–H and O–H groups in total. The van der Waals surface area contributed by atoms with Gasteiger partial charge in [-0.05, 0) is 5.56 Å². The van der Waals surface area contributed by atoms with Crippen molar-refractivity contribution >= 4 is 17.4 Å². The van der Waals surface area contributed by atoms with Crippen LogP contribution in [0.4, 0.5) is 5.69 Å². The molecule has 1 heterocycles. The molecular formula is C19H20N4O3. The topological polar surface area (TPSA) is 94.3 Å². The Morgan fingerprint density at radius 2 is 1.88 bits per heavy atom. The molecule has 1 aliphatic rings. The molecular weight excluding hydrogens is 332 g/mol.